The molecule has 0 aromatic heterocycles. The summed E-state index contributed by atoms with van der Waals surface area (Å²) in [6, 6.07) is 10.3. The highest BCUT2D eigenvalue weighted by molar-refractivity contribution is 6.32. The molecule has 0 fully saturated rings. The molecule has 0 amide bonds. The number of nitrogens with zero attached hydrogens (tertiary/aromatic N) is 1. The topological polar surface area (TPSA) is 79.5 Å². The second-order valence-corrected chi connectivity index (χ2v) is 5.91. The van der Waals surface area contributed by atoms with Gasteiger partial charge in [0, 0.05) is 11.6 Å². The lowest BCUT2D eigenvalue weighted by Gasteiger charge is -2.27. The molecule has 1 atom stereocenters. The predicted molar refractivity (Wildman–Crippen MR) is 88.8 cm³/mol. The Morgan fingerprint density at radius 3 is 2.48 bits per heavy atom. The molecule has 5 nitrogen and oxygen atoms in total. The first-order chi connectivity index (χ1) is 12.7. The summed E-state index contributed by atoms with van der Waals surface area (Å²) < 4.78 is 49.8. The van der Waals surface area contributed by atoms with Crippen molar-refractivity contribution >= 4 is 23.6 Å². The zero-order valence-corrected chi connectivity index (χ0v) is 14.0. The predicted octanol–water partition coefficient (Wildman–Crippen LogP) is 4.80. The molecule has 1 aliphatic rings. The Hall–Kier alpha value is -3.18. The molecule has 0 bridgehead atoms. The molecule has 0 spiro atoms. The normalized spacial score (nSPS) is 15.8. The molecule has 1 unspecified atom stereocenters. The van der Waals surface area contributed by atoms with Gasteiger partial charge in [-0.05, 0) is 36.4 Å². The molecule has 0 radical (unpaired) electrons. The fourth-order valence-electron chi connectivity index (χ4n) is 2.42. The first-order valence-electron chi connectivity index (χ1n) is 7.39. The van der Waals surface area contributed by atoms with Crippen LogP contribution >= 0.6 is 11.6 Å². The van der Waals surface area contributed by atoms with E-state index in [1.807, 2.05) is 6.07 Å². The van der Waals surface area contributed by atoms with Gasteiger partial charge in [-0.15, -0.1) is 0 Å². The minimum Gasteiger partial charge on any atom is -0.478 e. The van der Waals surface area contributed by atoms with Crippen molar-refractivity contribution in [3.63, 3.8) is 0 Å². The summed E-state index contributed by atoms with van der Waals surface area (Å²) in [6.07, 6.45) is -6.64. The van der Waals surface area contributed by atoms with Crippen molar-refractivity contribution in [3.05, 3.63) is 58.1 Å². The molecule has 0 saturated carbocycles. The van der Waals surface area contributed by atoms with Crippen LogP contribution in [-0.2, 0) is 4.79 Å². The summed E-state index contributed by atoms with van der Waals surface area (Å²) in [4.78, 5) is 11.1. The van der Waals surface area contributed by atoms with Crippen molar-refractivity contribution in [2.24, 2.45) is 0 Å². The highest BCUT2D eigenvalue weighted by atomic mass is 35.5. The van der Waals surface area contributed by atoms with Crippen LogP contribution in [0, 0.1) is 11.3 Å². The van der Waals surface area contributed by atoms with E-state index in [1.165, 1.54) is 30.3 Å². The molecular weight excluding hydrogens is 387 g/mol. The molecule has 1 aliphatic heterocycles. The fourth-order valence-corrected chi connectivity index (χ4v) is 2.63. The summed E-state index contributed by atoms with van der Waals surface area (Å²) >= 11 is 6.09. The fraction of sp³-hybridized carbons (Fsp3) is 0.111. The first-order valence-corrected chi connectivity index (χ1v) is 7.76. The zero-order chi connectivity index (χ0) is 19.8. The first kappa shape index (κ1) is 18.6. The number of ether oxygens (including phenoxy) is 2. The Kier molecular flexibility index (Phi) is 4.72. The van der Waals surface area contributed by atoms with E-state index in [0.29, 0.717) is 11.3 Å². The molecule has 1 N–H and O–H groups in total. The average Bonchev–Trinajstić information content (AvgIpc) is 2.61. The van der Waals surface area contributed by atoms with E-state index in [9.17, 15) is 18.0 Å². The summed E-state index contributed by atoms with van der Waals surface area (Å²) in [7, 11) is 0. The smallest absolute Gasteiger partial charge is 0.430 e. The maximum Gasteiger partial charge on any atom is 0.430 e. The minimum absolute atomic E-state index is 0.0215. The highest BCUT2D eigenvalue weighted by Crippen LogP contribution is 2.42. The Morgan fingerprint density at radius 2 is 1.93 bits per heavy atom. The molecule has 27 heavy (non-hydrogen) atoms. The second-order valence-electron chi connectivity index (χ2n) is 5.50. The molecule has 138 valence electrons. The number of rotatable bonds is 3. The Labute approximate surface area is 155 Å². The summed E-state index contributed by atoms with van der Waals surface area (Å²) in [6.45, 7) is 0. The Balaban J connectivity index is 1.98. The number of alkyl halides is 3. The SMILES string of the molecule is N#Cc1ccc(Oc2cc3c(cc2Cl)C=C(C(=O)O)C(C(F)(F)F)O3)cc1. The molecule has 1 heterocycles. The summed E-state index contributed by atoms with van der Waals surface area (Å²) in [5.41, 5.74) is -0.446. The van der Waals surface area contributed by atoms with Crippen LogP contribution in [0.25, 0.3) is 6.08 Å². The number of halogens is 4. The molecular formula is C18H9ClF3NO4. The van der Waals surface area contributed by atoms with Gasteiger partial charge < -0.3 is 14.6 Å². The third-order valence-corrected chi connectivity index (χ3v) is 3.95. The van der Waals surface area contributed by atoms with Gasteiger partial charge in [0.1, 0.15) is 17.2 Å². The van der Waals surface area contributed by atoms with Crippen molar-refractivity contribution < 1.29 is 32.5 Å². The summed E-state index contributed by atoms with van der Waals surface area (Å²) in [5.74, 6) is -1.62. The van der Waals surface area contributed by atoms with Gasteiger partial charge in [0.05, 0.1) is 22.2 Å². The second kappa shape index (κ2) is 6.85. The van der Waals surface area contributed by atoms with Crippen LogP contribution in [0.5, 0.6) is 17.2 Å². The number of carboxylic acid groups (broad SMARTS) is 1. The standard InChI is InChI=1S/C18H9ClF3NO4/c19-13-6-10-5-12(17(24)25)16(18(20,21)22)27-14(10)7-15(13)26-11-3-1-9(8-23)2-4-11/h1-7,16H,(H,24,25). The lowest BCUT2D eigenvalue weighted by atomic mass is 10.0. The highest BCUT2D eigenvalue weighted by Gasteiger charge is 2.48. The van der Waals surface area contributed by atoms with Crippen LogP contribution in [0.1, 0.15) is 11.1 Å². The minimum atomic E-state index is -4.91. The van der Waals surface area contributed by atoms with Crippen molar-refractivity contribution in [1.82, 2.24) is 0 Å². The van der Waals surface area contributed by atoms with Gasteiger partial charge in [0.2, 0.25) is 6.10 Å². The third-order valence-electron chi connectivity index (χ3n) is 3.66. The zero-order valence-electron chi connectivity index (χ0n) is 13.2. The number of aliphatic carboxylic acids is 1. The Bertz CT molecular complexity index is 978. The van der Waals surface area contributed by atoms with Crippen LogP contribution in [0.3, 0.4) is 0 Å². The van der Waals surface area contributed by atoms with E-state index in [0.717, 1.165) is 12.1 Å². The number of fused-ring (bicyclic) bond motifs is 1. The number of benzene rings is 2. The van der Waals surface area contributed by atoms with Gasteiger partial charge in [-0.3, -0.25) is 0 Å². The maximum absolute atomic E-state index is 13.1. The number of carbonyl (C=O) groups is 1. The monoisotopic (exact) mass is 395 g/mol. The van der Waals surface area contributed by atoms with Crippen LogP contribution in [-0.4, -0.2) is 23.4 Å². The van der Waals surface area contributed by atoms with Crippen molar-refractivity contribution in [2.75, 3.05) is 0 Å². The molecule has 9 heteroatoms. The van der Waals surface area contributed by atoms with Crippen molar-refractivity contribution in [3.8, 4) is 23.3 Å². The van der Waals surface area contributed by atoms with E-state index in [-0.39, 0.29) is 22.1 Å². The van der Waals surface area contributed by atoms with Gasteiger partial charge in [-0.25, -0.2) is 4.79 Å². The van der Waals surface area contributed by atoms with Gasteiger partial charge in [0.15, 0.2) is 0 Å². The van der Waals surface area contributed by atoms with Crippen LogP contribution in [0.15, 0.2) is 42.0 Å². The number of hydrogen-bond acceptors (Lipinski definition) is 4. The van der Waals surface area contributed by atoms with Gasteiger partial charge in [0.25, 0.3) is 0 Å². The Morgan fingerprint density at radius 1 is 1.26 bits per heavy atom. The van der Waals surface area contributed by atoms with Crippen LogP contribution in [0.4, 0.5) is 13.2 Å². The lowest BCUT2D eigenvalue weighted by Crippen LogP contribution is -2.40. The number of carboxylic acids is 1. The molecule has 2 aromatic carbocycles. The van der Waals surface area contributed by atoms with Gasteiger partial charge in [-0.1, -0.05) is 11.6 Å². The van der Waals surface area contributed by atoms with Crippen molar-refractivity contribution in [1.29, 1.82) is 5.26 Å². The van der Waals surface area contributed by atoms with E-state index in [1.54, 1.807) is 0 Å². The van der Waals surface area contributed by atoms with Crippen molar-refractivity contribution in [2.45, 2.75) is 12.3 Å². The van der Waals surface area contributed by atoms with E-state index >= 15 is 0 Å². The van der Waals surface area contributed by atoms with E-state index < -0.39 is 23.8 Å². The number of hydrogen-bond donors (Lipinski definition) is 1. The molecule has 0 aliphatic carbocycles. The van der Waals surface area contributed by atoms with Gasteiger partial charge >= 0.3 is 12.1 Å². The van der Waals surface area contributed by atoms with Gasteiger partial charge in [-0.2, -0.15) is 18.4 Å². The number of nitriles is 1. The molecule has 0 saturated heterocycles. The molecule has 3 rings (SSSR count). The third kappa shape index (κ3) is 3.83. The van der Waals surface area contributed by atoms with Crippen LogP contribution < -0.4 is 9.47 Å². The summed E-state index contributed by atoms with van der Waals surface area (Å²) in [5, 5.41) is 17.9. The largest absolute Gasteiger partial charge is 0.478 e. The molecule has 2 aromatic rings. The maximum atomic E-state index is 13.1. The van der Waals surface area contributed by atoms with Crippen LogP contribution in [0.2, 0.25) is 5.02 Å². The average molecular weight is 396 g/mol. The van der Waals surface area contributed by atoms with E-state index in [2.05, 4.69) is 0 Å². The quantitative estimate of drug-likeness (QED) is 0.807. The van der Waals surface area contributed by atoms with E-state index in [4.69, 9.17) is 31.4 Å². The lowest BCUT2D eigenvalue weighted by molar-refractivity contribution is -0.187.